The van der Waals surface area contributed by atoms with Crippen LogP contribution < -0.4 is 5.73 Å². The fourth-order valence-corrected chi connectivity index (χ4v) is 1.08. The Kier molecular flexibility index (Phi) is 5.66. The maximum absolute atomic E-state index is 11.7. The number of carbonyl (C=O) groups excluding carboxylic acids is 2. The summed E-state index contributed by atoms with van der Waals surface area (Å²) >= 11 is 1.38. The fraction of sp³-hybridized carbons (Fsp3) is 0.714. The Morgan fingerprint density at radius 1 is 1.47 bits per heavy atom. The van der Waals surface area contributed by atoms with Crippen LogP contribution in [0, 0.1) is 0 Å². The average molecular weight is 245 g/mol. The van der Waals surface area contributed by atoms with Crippen molar-refractivity contribution in [1.29, 1.82) is 0 Å². The van der Waals surface area contributed by atoms with Crippen molar-refractivity contribution in [3.05, 3.63) is 0 Å². The first-order chi connectivity index (χ1) is 6.79. The van der Waals surface area contributed by atoms with Crippen LogP contribution in [0.3, 0.4) is 0 Å². The van der Waals surface area contributed by atoms with E-state index in [-0.39, 0.29) is 6.42 Å². The van der Waals surface area contributed by atoms with E-state index in [4.69, 9.17) is 5.73 Å². The van der Waals surface area contributed by atoms with Gasteiger partial charge in [0.15, 0.2) is 0 Å². The van der Waals surface area contributed by atoms with E-state index in [1.54, 1.807) is 6.26 Å². The Hall–Kier alpha value is -0.760. The maximum Gasteiger partial charge on any atom is 0.491 e. The molecule has 0 amide bonds. The highest BCUT2D eigenvalue weighted by molar-refractivity contribution is 7.98. The van der Waals surface area contributed by atoms with Crippen molar-refractivity contribution in [3.8, 4) is 0 Å². The van der Waals surface area contributed by atoms with Gasteiger partial charge in [-0.2, -0.15) is 24.9 Å². The van der Waals surface area contributed by atoms with Gasteiger partial charge in [-0.15, -0.1) is 0 Å². The van der Waals surface area contributed by atoms with Gasteiger partial charge in [0.1, 0.15) is 6.04 Å². The number of nitrogens with two attached hydrogens (primary N) is 1. The van der Waals surface area contributed by atoms with Crippen LogP contribution >= 0.6 is 11.8 Å². The van der Waals surface area contributed by atoms with Gasteiger partial charge < -0.3 is 10.5 Å². The lowest BCUT2D eigenvalue weighted by Crippen LogP contribution is -2.37. The number of esters is 2. The number of ether oxygens (including phenoxy) is 1. The van der Waals surface area contributed by atoms with Crippen LogP contribution in [0.4, 0.5) is 13.2 Å². The van der Waals surface area contributed by atoms with Crippen molar-refractivity contribution in [2.24, 2.45) is 5.73 Å². The van der Waals surface area contributed by atoms with Crippen LogP contribution in [-0.4, -0.2) is 36.2 Å². The van der Waals surface area contributed by atoms with E-state index in [9.17, 15) is 22.8 Å². The third kappa shape index (κ3) is 5.63. The summed E-state index contributed by atoms with van der Waals surface area (Å²) in [5.41, 5.74) is 5.19. The number of hydrogen-bond acceptors (Lipinski definition) is 5. The molecule has 88 valence electrons. The van der Waals surface area contributed by atoms with Crippen LogP contribution in [0.25, 0.3) is 0 Å². The van der Waals surface area contributed by atoms with Crippen LogP contribution in [0.2, 0.25) is 0 Å². The van der Waals surface area contributed by atoms with Crippen molar-refractivity contribution in [3.63, 3.8) is 0 Å². The Morgan fingerprint density at radius 2 is 2.00 bits per heavy atom. The molecule has 4 nitrogen and oxygen atoms in total. The maximum atomic E-state index is 11.7. The number of alkyl halides is 3. The minimum Gasteiger partial charge on any atom is -0.385 e. The zero-order valence-corrected chi connectivity index (χ0v) is 8.65. The summed E-state index contributed by atoms with van der Waals surface area (Å²) < 4.78 is 38.5. The monoisotopic (exact) mass is 245 g/mol. The highest BCUT2D eigenvalue weighted by Crippen LogP contribution is 2.16. The standard InChI is InChI=1S/C7H10F3NO3S/c1-15-3-2-4(11)5(12)14-6(13)7(8,9)10/h4H,2-3,11H2,1H3/t4-/m0/s1. The molecule has 0 heterocycles. The number of halogens is 3. The first kappa shape index (κ1) is 14.2. The van der Waals surface area contributed by atoms with E-state index in [1.165, 1.54) is 11.8 Å². The summed E-state index contributed by atoms with van der Waals surface area (Å²) in [4.78, 5) is 21.1. The zero-order chi connectivity index (χ0) is 12.1. The summed E-state index contributed by atoms with van der Waals surface area (Å²) in [6, 6.07) is -1.20. The minimum absolute atomic E-state index is 0.158. The normalized spacial score (nSPS) is 13.4. The third-order valence-corrected chi connectivity index (χ3v) is 2.00. The smallest absolute Gasteiger partial charge is 0.385 e. The number of rotatable bonds is 4. The second kappa shape index (κ2) is 5.96. The van der Waals surface area contributed by atoms with Crippen molar-refractivity contribution in [2.45, 2.75) is 18.6 Å². The molecule has 0 aromatic carbocycles. The molecule has 0 unspecified atom stereocenters. The van der Waals surface area contributed by atoms with Gasteiger partial charge in [-0.1, -0.05) is 0 Å². The number of carbonyl (C=O) groups is 2. The molecule has 1 atom stereocenters. The molecule has 0 bridgehead atoms. The van der Waals surface area contributed by atoms with E-state index < -0.39 is 24.2 Å². The van der Waals surface area contributed by atoms with Crippen molar-refractivity contribution >= 4 is 23.7 Å². The minimum atomic E-state index is -5.17. The van der Waals surface area contributed by atoms with Crippen LogP contribution in [0.1, 0.15) is 6.42 Å². The summed E-state index contributed by atoms with van der Waals surface area (Å²) in [5.74, 6) is -3.39. The van der Waals surface area contributed by atoms with Gasteiger partial charge in [-0.3, -0.25) is 0 Å². The molecule has 0 aromatic heterocycles. The van der Waals surface area contributed by atoms with Gasteiger partial charge >= 0.3 is 18.1 Å². The SMILES string of the molecule is CSCC[C@H](N)C(=O)OC(=O)C(F)(F)F. The van der Waals surface area contributed by atoms with E-state index in [2.05, 4.69) is 4.74 Å². The second-order valence-corrected chi connectivity index (χ2v) is 3.58. The quantitative estimate of drug-likeness (QED) is 0.583. The Balaban J connectivity index is 4.08. The van der Waals surface area contributed by atoms with Gasteiger partial charge in [0.05, 0.1) is 0 Å². The van der Waals surface area contributed by atoms with Crippen LogP contribution in [0.15, 0.2) is 0 Å². The van der Waals surface area contributed by atoms with Crippen molar-refractivity contribution in [2.75, 3.05) is 12.0 Å². The third-order valence-electron chi connectivity index (χ3n) is 1.36. The lowest BCUT2D eigenvalue weighted by Gasteiger charge is -2.10. The van der Waals surface area contributed by atoms with Gasteiger partial charge in [0.25, 0.3) is 0 Å². The molecule has 2 N–H and O–H groups in total. The average Bonchev–Trinajstić information content (AvgIpc) is 2.12. The van der Waals surface area contributed by atoms with Crippen LogP contribution in [-0.2, 0) is 14.3 Å². The van der Waals surface area contributed by atoms with Gasteiger partial charge in [-0.05, 0) is 18.4 Å². The first-order valence-electron chi connectivity index (χ1n) is 3.86. The van der Waals surface area contributed by atoms with E-state index in [1.807, 2.05) is 0 Å². The molecule has 0 fully saturated rings. The largest absolute Gasteiger partial charge is 0.491 e. The molecule has 0 saturated carbocycles. The Bertz CT molecular complexity index is 244. The highest BCUT2D eigenvalue weighted by atomic mass is 32.2. The summed E-state index contributed by atoms with van der Waals surface area (Å²) in [7, 11) is 0. The summed E-state index contributed by atoms with van der Waals surface area (Å²) in [6.07, 6.45) is -3.26. The fourth-order valence-electron chi connectivity index (χ4n) is 0.588. The lowest BCUT2D eigenvalue weighted by atomic mass is 10.2. The summed E-state index contributed by atoms with van der Waals surface area (Å²) in [6.45, 7) is 0. The predicted molar refractivity (Wildman–Crippen MR) is 48.1 cm³/mol. The topological polar surface area (TPSA) is 69.4 Å². The van der Waals surface area contributed by atoms with E-state index in [0.29, 0.717) is 5.75 Å². The molecule has 0 aromatic rings. The predicted octanol–water partition coefficient (Wildman–Crippen LogP) is 0.699. The first-order valence-corrected chi connectivity index (χ1v) is 5.25. The van der Waals surface area contributed by atoms with E-state index >= 15 is 0 Å². The number of thioether (sulfide) groups is 1. The summed E-state index contributed by atoms with van der Waals surface area (Å²) in [5, 5.41) is 0. The molecular weight excluding hydrogens is 235 g/mol. The molecule has 0 aliphatic rings. The molecular formula is C7H10F3NO3S. The molecule has 15 heavy (non-hydrogen) atoms. The van der Waals surface area contributed by atoms with Crippen LogP contribution in [0.5, 0.6) is 0 Å². The Morgan fingerprint density at radius 3 is 2.40 bits per heavy atom. The van der Waals surface area contributed by atoms with Gasteiger partial charge in [0, 0.05) is 0 Å². The Labute approximate surface area is 88.3 Å². The highest BCUT2D eigenvalue weighted by Gasteiger charge is 2.42. The molecule has 0 aliphatic heterocycles. The molecule has 0 radical (unpaired) electrons. The second-order valence-electron chi connectivity index (χ2n) is 2.59. The molecule has 0 saturated heterocycles. The zero-order valence-electron chi connectivity index (χ0n) is 7.84. The molecule has 0 aliphatic carbocycles. The molecule has 0 spiro atoms. The van der Waals surface area contributed by atoms with Gasteiger partial charge in [-0.25, -0.2) is 9.59 Å². The van der Waals surface area contributed by atoms with Crippen molar-refractivity contribution < 1.29 is 27.5 Å². The van der Waals surface area contributed by atoms with Crippen molar-refractivity contribution in [1.82, 2.24) is 0 Å². The molecule has 8 heteroatoms. The van der Waals surface area contributed by atoms with E-state index in [0.717, 1.165) is 0 Å². The van der Waals surface area contributed by atoms with Gasteiger partial charge in [0.2, 0.25) is 0 Å². The molecule has 0 rings (SSSR count). The number of hydrogen-bond donors (Lipinski definition) is 1. The lowest BCUT2D eigenvalue weighted by molar-refractivity contribution is -0.202.